The van der Waals surface area contributed by atoms with Crippen molar-refractivity contribution < 1.29 is 9.18 Å². The van der Waals surface area contributed by atoms with E-state index in [0.717, 1.165) is 28.1 Å². The lowest BCUT2D eigenvalue weighted by atomic mass is 10.1. The predicted octanol–water partition coefficient (Wildman–Crippen LogP) is 5.60. The molecule has 0 atom stereocenters. The minimum atomic E-state index is -0.382. The molecule has 3 aromatic rings. The highest BCUT2D eigenvalue weighted by Crippen LogP contribution is 2.24. The van der Waals surface area contributed by atoms with Gasteiger partial charge in [-0.3, -0.25) is 4.68 Å². The molecule has 0 spiro atoms. The molecule has 0 radical (unpaired) electrons. The third kappa shape index (κ3) is 4.34. The highest BCUT2D eigenvalue weighted by atomic mass is 35.5. The number of rotatable bonds is 4. The first-order chi connectivity index (χ1) is 13.2. The molecule has 0 aliphatic rings. The molecule has 3 rings (SSSR count). The van der Waals surface area contributed by atoms with Gasteiger partial charge in [-0.1, -0.05) is 29.8 Å². The van der Waals surface area contributed by atoms with Crippen molar-refractivity contribution in [3.63, 3.8) is 0 Å². The van der Waals surface area contributed by atoms with Gasteiger partial charge in [-0.05, 0) is 62.6 Å². The van der Waals surface area contributed by atoms with Gasteiger partial charge in [-0.2, -0.15) is 5.10 Å². The normalized spacial score (nSPS) is 10.8. The molecule has 28 heavy (non-hydrogen) atoms. The number of halogens is 2. The van der Waals surface area contributed by atoms with Crippen LogP contribution in [-0.4, -0.2) is 15.8 Å². The fourth-order valence-corrected chi connectivity index (χ4v) is 3.21. The first-order valence-electron chi connectivity index (χ1n) is 8.88. The standard InChI is InChI=1S/C21H22ClFN4O/c1-12-5-6-13(2)19(9-12)24-21(28)25-20-14(3)26-27(15(20)4)11-16-7-8-17(23)10-18(16)22/h5-10H,11H2,1-4H3,(H2,24,25,28). The number of benzene rings is 2. The van der Waals surface area contributed by atoms with E-state index in [-0.39, 0.29) is 11.8 Å². The van der Waals surface area contributed by atoms with Crippen LogP contribution in [0.25, 0.3) is 0 Å². The molecule has 1 aromatic heterocycles. The summed E-state index contributed by atoms with van der Waals surface area (Å²) in [7, 11) is 0. The molecule has 1 heterocycles. The summed E-state index contributed by atoms with van der Waals surface area (Å²) < 4.78 is 15.0. The third-order valence-electron chi connectivity index (χ3n) is 4.60. The Hall–Kier alpha value is -2.86. The van der Waals surface area contributed by atoms with Gasteiger partial charge in [-0.25, -0.2) is 9.18 Å². The summed E-state index contributed by atoms with van der Waals surface area (Å²) in [5.41, 5.74) is 5.67. The predicted molar refractivity (Wildman–Crippen MR) is 111 cm³/mol. The molecule has 146 valence electrons. The van der Waals surface area contributed by atoms with Crippen molar-refractivity contribution in [2.24, 2.45) is 0 Å². The zero-order valence-electron chi connectivity index (χ0n) is 16.2. The average Bonchev–Trinajstić information content (AvgIpc) is 2.88. The molecule has 5 nitrogen and oxygen atoms in total. The van der Waals surface area contributed by atoms with Crippen LogP contribution >= 0.6 is 11.6 Å². The highest BCUT2D eigenvalue weighted by molar-refractivity contribution is 6.31. The topological polar surface area (TPSA) is 59.0 Å². The van der Waals surface area contributed by atoms with Gasteiger partial charge >= 0.3 is 6.03 Å². The van der Waals surface area contributed by atoms with Crippen LogP contribution in [0, 0.1) is 33.5 Å². The van der Waals surface area contributed by atoms with E-state index in [9.17, 15) is 9.18 Å². The summed E-state index contributed by atoms with van der Waals surface area (Å²) in [6.07, 6.45) is 0. The number of anilines is 2. The number of urea groups is 1. The van der Waals surface area contributed by atoms with Crippen LogP contribution in [0.1, 0.15) is 28.1 Å². The number of carbonyl (C=O) groups excluding carboxylic acids is 1. The van der Waals surface area contributed by atoms with Gasteiger partial charge in [0.25, 0.3) is 0 Å². The third-order valence-corrected chi connectivity index (χ3v) is 4.95. The minimum Gasteiger partial charge on any atom is -0.307 e. The summed E-state index contributed by atoms with van der Waals surface area (Å²) in [6.45, 7) is 7.98. The molecule has 0 bridgehead atoms. The van der Waals surface area contributed by atoms with Crippen molar-refractivity contribution in [3.05, 3.63) is 75.3 Å². The zero-order valence-corrected chi connectivity index (χ0v) is 17.0. The highest BCUT2D eigenvalue weighted by Gasteiger charge is 2.16. The van der Waals surface area contributed by atoms with Gasteiger partial charge in [0.05, 0.1) is 23.6 Å². The Morgan fingerprint density at radius 3 is 2.57 bits per heavy atom. The van der Waals surface area contributed by atoms with Crippen molar-refractivity contribution in [1.29, 1.82) is 0 Å². The summed E-state index contributed by atoms with van der Waals surface area (Å²) in [5.74, 6) is -0.382. The van der Waals surface area contributed by atoms with E-state index < -0.39 is 0 Å². The minimum absolute atomic E-state index is 0.334. The Morgan fingerprint density at radius 1 is 1.11 bits per heavy atom. The summed E-state index contributed by atoms with van der Waals surface area (Å²) >= 11 is 6.12. The summed E-state index contributed by atoms with van der Waals surface area (Å²) in [5, 5.41) is 10.6. The van der Waals surface area contributed by atoms with E-state index in [1.165, 1.54) is 12.1 Å². The number of nitrogens with one attached hydrogen (secondary N) is 2. The molecule has 2 aromatic carbocycles. The van der Waals surface area contributed by atoms with E-state index in [4.69, 9.17) is 11.6 Å². The number of carbonyl (C=O) groups is 1. The lowest BCUT2D eigenvalue weighted by molar-refractivity contribution is 0.262. The lowest BCUT2D eigenvalue weighted by Gasteiger charge is -2.11. The average molecular weight is 401 g/mol. The van der Waals surface area contributed by atoms with Crippen LogP contribution in [-0.2, 0) is 6.54 Å². The Kier molecular flexibility index (Phi) is 5.70. The second-order valence-electron chi connectivity index (χ2n) is 6.84. The van der Waals surface area contributed by atoms with Crippen LogP contribution in [0.3, 0.4) is 0 Å². The van der Waals surface area contributed by atoms with Gasteiger partial charge in [-0.15, -0.1) is 0 Å². The van der Waals surface area contributed by atoms with E-state index in [1.54, 1.807) is 10.7 Å². The Morgan fingerprint density at radius 2 is 1.86 bits per heavy atom. The maximum Gasteiger partial charge on any atom is 0.323 e. The Bertz CT molecular complexity index is 1050. The van der Waals surface area contributed by atoms with Crippen LogP contribution in [0.15, 0.2) is 36.4 Å². The number of hydrogen-bond donors (Lipinski definition) is 2. The largest absolute Gasteiger partial charge is 0.323 e. The smallest absolute Gasteiger partial charge is 0.307 e. The molecule has 0 saturated heterocycles. The first-order valence-corrected chi connectivity index (χ1v) is 9.25. The second-order valence-corrected chi connectivity index (χ2v) is 7.24. The van der Waals surface area contributed by atoms with Crippen LogP contribution in [0.2, 0.25) is 5.02 Å². The summed E-state index contributed by atoms with van der Waals surface area (Å²) in [4.78, 5) is 12.5. The Balaban J connectivity index is 1.78. The van der Waals surface area contributed by atoms with Gasteiger partial charge in [0.15, 0.2) is 0 Å². The number of hydrogen-bond acceptors (Lipinski definition) is 2. The fraction of sp³-hybridized carbons (Fsp3) is 0.238. The van der Waals surface area contributed by atoms with E-state index in [0.29, 0.717) is 22.9 Å². The van der Waals surface area contributed by atoms with Crippen molar-refractivity contribution in [2.45, 2.75) is 34.2 Å². The van der Waals surface area contributed by atoms with E-state index >= 15 is 0 Å². The Labute approximate surface area is 168 Å². The molecule has 0 unspecified atom stereocenters. The monoisotopic (exact) mass is 400 g/mol. The second kappa shape index (κ2) is 8.02. The maximum atomic E-state index is 13.2. The number of nitrogens with zero attached hydrogens (tertiary/aromatic N) is 2. The molecule has 0 saturated carbocycles. The summed E-state index contributed by atoms with van der Waals surface area (Å²) in [6, 6.07) is 9.83. The van der Waals surface area contributed by atoms with Gasteiger partial charge in [0.1, 0.15) is 5.82 Å². The van der Waals surface area contributed by atoms with Gasteiger partial charge < -0.3 is 10.6 Å². The molecule has 0 aliphatic carbocycles. The quantitative estimate of drug-likeness (QED) is 0.598. The van der Waals surface area contributed by atoms with Crippen molar-refractivity contribution in [1.82, 2.24) is 9.78 Å². The molecule has 0 fully saturated rings. The number of aromatic nitrogens is 2. The molecular weight excluding hydrogens is 379 g/mol. The zero-order chi connectivity index (χ0) is 20.4. The first kappa shape index (κ1) is 19.9. The molecule has 0 aliphatic heterocycles. The molecule has 2 N–H and O–H groups in total. The van der Waals surface area contributed by atoms with Crippen molar-refractivity contribution in [3.8, 4) is 0 Å². The van der Waals surface area contributed by atoms with E-state index in [1.807, 2.05) is 45.9 Å². The lowest BCUT2D eigenvalue weighted by Crippen LogP contribution is -2.21. The fourth-order valence-electron chi connectivity index (χ4n) is 2.98. The van der Waals surface area contributed by atoms with Gasteiger partial charge in [0.2, 0.25) is 0 Å². The molecule has 2 amide bonds. The van der Waals surface area contributed by atoms with Crippen LogP contribution in [0.5, 0.6) is 0 Å². The SMILES string of the molecule is Cc1ccc(C)c(NC(=O)Nc2c(C)nn(Cc3ccc(F)cc3Cl)c2C)c1. The van der Waals surface area contributed by atoms with Crippen molar-refractivity contribution in [2.75, 3.05) is 10.6 Å². The molecule has 7 heteroatoms. The van der Waals surface area contributed by atoms with Crippen LogP contribution < -0.4 is 10.6 Å². The van der Waals surface area contributed by atoms with Crippen LogP contribution in [0.4, 0.5) is 20.6 Å². The van der Waals surface area contributed by atoms with Gasteiger partial charge in [0, 0.05) is 10.7 Å². The maximum absolute atomic E-state index is 13.2. The number of amides is 2. The van der Waals surface area contributed by atoms with Crippen molar-refractivity contribution >= 4 is 29.0 Å². The molecular formula is C21H22ClFN4O. The number of aryl methyl sites for hydroxylation is 3. The van der Waals surface area contributed by atoms with E-state index in [2.05, 4.69) is 15.7 Å².